The summed E-state index contributed by atoms with van der Waals surface area (Å²) in [5.41, 5.74) is 0.912. The van der Waals surface area contributed by atoms with Crippen LogP contribution in [-0.4, -0.2) is 39.3 Å². The Kier molecular flexibility index (Phi) is 5.24. The van der Waals surface area contributed by atoms with E-state index in [1.807, 2.05) is 18.2 Å². The lowest BCUT2D eigenvalue weighted by atomic mass is 10.1. The molecule has 110 valence electrons. The Hall–Kier alpha value is -1.75. The predicted octanol–water partition coefficient (Wildman–Crippen LogP) is 1.11. The first-order valence-corrected chi connectivity index (χ1v) is 6.94. The zero-order valence-corrected chi connectivity index (χ0v) is 12.1. The quantitative estimate of drug-likeness (QED) is 0.700. The number of nitrogens with one attached hydrogen (secondary N) is 2. The van der Waals surface area contributed by atoms with Crippen LogP contribution in [0.25, 0.3) is 0 Å². The molecule has 2 N–H and O–H groups in total. The summed E-state index contributed by atoms with van der Waals surface area (Å²) in [6.07, 6.45) is 2.88. The van der Waals surface area contributed by atoms with Gasteiger partial charge in [-0.25, -0.2) is 0 Å². The van der Waals surface area contributed by atoms with E-state index in [1.165, 1.54) is 12.8 Å². The van der Waals surface area contributed by atoms with Crippen molar-refractivity contribution in [1.82, 2.24) is 10.6 Å². The van der Waals surface area contributed by atoms with Gasteiger partial charge >= 0.3 is 0 Å². The summed E-state index contributed by atoms with van der Waals surface area (Å²) < 4.78 is 10.4. The smallest absolute Gasteiger partial charge is 0.224 e. The van der Waals surface area contributed by atoms with Crippen molar-refractivity contribution in [3.8, 4) is 11.5 Å². The molecule has 1 saturated carbocycles. The summed E-state index contributed by atoms with van der Waals surface area (Å²) in [4.78, 5) is 11.8. The van der Waals surface area contributed by atoms with Gasteiger partial charge < -0.3 is 20.1 Å². The van der Waals surface area contributed by atoms with Crippen LogP contribution in [0, 0.1) is 0 Å². The molecule has 1 aliphatic rings. The average molecular weight is 278 g/mol. The Morgan fingerprint density at radius 1 is 1.20 bits per heavy atom. The summed E-state index contributed by atoms with van der Waals surface area (Å²) in [6, 6.07) is 6.21. The molecule has 1 aromatic carbocycles. The van der Waals surface area contributed by atoms with Crippen LogP contribution >= 0.6 is 0 Å². The molecule has 1 aromatic rings. The Morgan fingerprint density at radius 3 is 2.60 bits per heavy atom. The summed E-state index contributed by atoms with van der Waals surface area (Å²) in [7, 11) is 3.18. The van der Waals surface area contributed by atoms with Gasteiger partial charge in [-0.3, -0.25) is 4.79 Å². The molecular weight excluding hydrogens is 256 g/mol. The fourth-order valence-corrected chi connectivity index (χ4v) is 2.00. The average Bonchev–Trinajstić information content (AvgIpc) is 3.27. The van der Waals surface area contributed by atoms with Crippen LogP contribution < -0.4 is 20.1 Å². The summed E-state index contributed by atoms with van der Waals surface area (Å²) in [5, 5.41) is 6.26. The molecule has 0 bridgehead atoms. The predicted molar refractivity (Wildman–Crippen MR) is 77.3 cm³/mol. The van der Waals surface area contributed by atoms with Gasteiger partial charge in [0.1, 0.15) is 0 Å². The number of methoxy groups -OCH3 is 2. The molecule has 0 heterocycles. The molecule has 5 nitrogen and oxygen atoms in total. The SMILES string of the molecule is COc1ccc(CC(=O)NCCNC2CC2)cc1OC. The molecular formula is C15H22N2O3. The highest BCUT2D eigenvalue weighted by Gasteiger charge is 2.19. The van der Waals surface area contributed by atoms with E-state index in [4.69, 9.17) is 9.47 Å². The molecule has 0 atom stereocenters. The Bertz CT molecular complexity index is 458. The fourth-order valence-electron chi connectivity index (χ4n) is 2.00. The topological polar surface area (TPSA) is 59.6 Å². The van der Waals surface area contributed by atoms with E-state index in [1.54, 1.807) is 14.2 Å². The second-order valence-corrected chi connectivity index (χ2v) is 4.94. The van der Waals surface area contributed by atoms with Crippen LogP contribution in [0.4, 0.5) is 0 Å². The van der Waals surface area contributed by atoms with Gasteiger partial charge in [0.25, 0.3) is 0 Å². The third kappa shape index (κ3) is 4.42. The molecule has 0 aliphatic heterocycles. The summed E-state index contributed by atoms with van der Waals surface area (Å²) >= 11 is 0. The van der Waals surface area contributed by atoms with Crippen molar-refractivity contribution in [3.63, 3.8) is 0 Å². The van der Waals surface area contributed by atoms with E-state index in [0.29, 0.717) is 30.5 Å². The van der Waals surface area contributed by atoms with E-state index < -0.39 is 0 Å². The number of benzene rings is 1. The molecule has 0 aromatic heterocycles. The monoisotopic (exact) mass is 278 g/mol. The van der Waals surface area contributed by atoms with E-state index in [-0.39, 0.29) is 5.91 Å². The number of ether oxygens (including phenoxy) is 2. The van der Waals surface area contributed by atoms with Crippen LogP contribution in [0.1, 0.15) is 18.4 Å². The molecule has 2 rings (SSSR count). The first kappa shape index (κ1) is 14.7. The molecule has 1 amide bonds. The number of amides is 1. The van der Waals surface area contributed by atoms with E-state index >= 15 is 0 Å². The van der Waals surface area contributed by atoms with Crippen LogP contribution in [0.2, 0.25) is 0 Å². The van der Waals surface area contributed by atoms with Gasteiger partial charge in [0, 0.05) is 19.1 Å². The van der Waals surface area contributed by atoms with Crippen molar-refractivity contribution < 1.29 is 14.3 Å². The van der Waals surface area contributed by atoms with Gasteiger partial charge in [-0.2, -0.15) is 0 Å². The lowest BCUT2D eigenvalue weighted by molar-refractivity contribution is -0.120. The minimum Gasteiger partial charge on any atom is -0.493 e. The summed E-state index contributed by atoms with van der Waals surface area (Å²) in [6.45, 7) is 1.50. The van der Waals surface area contributed by atoms with Crippen molar-refractivity contribution in [2.45, 2.75) is 25.3 Å². The van der Waals surface area contributed by atoms with Crippen LogP contribution in [0.15, 0.2) is 18.2 Å². The number of carbonyl (C=O) groups is 1. The molecule has 0 unspecified atom stereocenters. The van der Waals surface area contributed by atoms with E-state index in [0.717, 1.165) is 12.1 Å². The molecule has 0 saturated heterocycles. The Balaban J connectivity index is 1.77. The van der Waals surface area contributed by atoms with Crippen molar-refractivity contribution >= 4 is 5.91 Å². The number of hydrogen-bond acceptors (Lipinski definition) is 4. The zero-order valence-electron chi connectivity index (χ0n) is 12.1. The molecule has 20 heavy (non-hydrogen) atoms. The highest BCUT2D eigenvalue weighted by atomic mass is 16.5. The first-order valence-electron chi connectivity index (χ1n) is 6.94. The fraction of sp³-hybridized carbons (Fsp3) is 0.533. The summed E-state index contributed by atoms with van der Waals surface area (Å²) in [5.74, 6) is 1.34. The molecule has 5 heteroatoms. The normalized spacial score (nSPS) is 13.9. The van der Waals surface area contributed by atoms with Crippen LogP contribution in [0.5, 0.6) is 11.5 Å². The van der Waals surface area contributed by atoms with Gasteiger partial charge in [-0.05, 0) is 30.5 Å². The van der Waals surface area contributed by atoms with E-state index in [2.05, 4.69) is 10.6 Å². The standard InChI is InChI=1S/C15H22N2O3/c1-19-13-6-3-11(9-14(13)20-2)10-15(18)17-8-7-16-12-4-5-12/h3,6,9,12,16H,4-5,7-8,10H2,1-2H3,(H,17,18). The number of hydrogen-bond donors (Lipinski definition) is 2. The largest absolute Gasteiger partial charge is 0.493 e. The minimum atomic E-state index is 0.0230. The van der Waals surface area contributed by atoms with Gasteiger partial charge in [0.05, 0.1) is 20.6 Å². The first-order chi connectivity index (χ1) is 9.72. The lowest BCUT2D eigenvalue weighted by Gasteiger charge is -2.10. The van der Waals surface area contributed by atoms with Crippen molar-refractivity contribution in [1.29, 1.82) is 0 Å². The third-order valence-corrected chi connectivity index (χ3v) is 3.27. The highest BCUT2D eigenvalue weighted by molar-refractivity contribution is 5.78. The molecule has 0 radical (unpaired) electrons. The second-order valence-electron chi connectivity index (χ2n) is 4.94. The molecule has 1 fully saturated rings. The van der Waals surface area contributed by atoms with Crippen molar-refractivity contribution in [2.24, 2.45) is 0 Å². The van der Waals surface area contributed by atoms with Gasteiger partial charge in [-0.1, -0.05) is 6.07 Å². The maximum absolute atomic E-state index is 11.8. The minimum absolute atomic E-state index is 0.0230. The maximum Gasteiger partial charge on any atom is 0.224 e. The van der Waals surface area contributed by atoms with Gasteiger partial charge in [0.2, 0.25) is 5.91 Å². The van der Waals surface area contributed by atoms with Crippen molar-refractivity contribution in [3.05, 3.63) is 23.8 Å². The Morgan fingerprint density at radius 2 is 1.95 bits per heavy atom. The number of rotatable bonds is 8. The highest BCUT2D eigenvalue weighted by Crippen LogP contribution is 2.27. The third-order valence-electron chi connectivity index (χ3n) is 3.27. The van der Waals surface area contributed by atoms with Gasteiger partial charge in [-0.15, -0.1) is 0 Å². The van der Waals surface area contributed by atoms with Crippen molar-refractivity contribution in [2.75, 3.05) is 27.3 Å². The maximum atomic E-state index is 11.8. The Labute approximate surface area is 119 Å². The van der Waals surface area contributed by atoms with Crippen LogP contribution in [0.3, 0.4) is 0 Å². The number of carbonyl (C=O) groups excluding carboxylic acids is 1. The lowest BCUT2D eigenvalue weighted by Crippen LogP contribution is -2.33. The van der Waals surface area contributed by atoms with Crippen LogP contribution in [-0.2, 0) is 11.2 Å². The van der Waals surface area contributed by atoms with E-state index in [9.17, 15) is 4.79 Å². The molecule has 1 aliphatic carbocycles. The zero-order chi connectivity index (χ0) is 14.4. The molecule has 0 spiro atoms. The second kappa shape index (κ2) is 7.14. The van der Waals surface area contributed by atoms with Gasteiger partial charge in [0.15, 0.2) is 11.5 Å².